The molecule has 0 aliphatic rings. The van der Waals surface area contributed by atoms with Crippen molar-refractivity contribution < 1.29 is 27.0 Å². The van der Waals surface area contributed by atoms with Gasteiger partial charge >= 0.3 is 6.36 Å². The third-order valence-corrected chi connectivity index (χ3v) is 6.27. The highest BCUT2D eigenvalue weighted by Gasteiger charge is 2.30. The molecule has 0 saturated carbocycles. The number of aryl methyl sites for hydroxylation is 4. The fraction of sp³-hybridized carbons (Fsp3) is 0.333. The number of hydrogen-bond acceptors (Lipinski definition) is 4. The number of aromatic nitrogens is 2. The monoisotopic (exact) mass is 526 g/mol. The van der Waals surface area contributed by atoms with Crippen LogP contribution in [0.1, 0.15) is 48.7 Å². The number of rotatable bonds is 12. The van der Waals surface area contributed by atoms with Crippen LogP contribution >= 0.6 is 0 Å². The van der Waals surface area contributed by atoms with Gasteiger partial charge in [-0.1, -0.05) is 62.2 Å². The number of halogens is 4. The molecule has 1 aromatic heterocycles. The van der Waals surface area contributed by atoms with E-state index >= 15 is 4.39 Å². The van der Waals surface area contributed by atoms with Gasteiger partial charge in [0.05, 0.1) is 19.0 Å². The second-order valence-electron chi connectivity index (χ2n) is 9.18. The van der Waals surface area contributed by atoms with E-state index in [9.17, 15) is 13.2 Å². The number of ether oxygens (including phenoxy) is 2. The highest BCUT2D eigenvalue weighted by molar-refractivity contribution is 5.84. The van der Waals surface area contributed by atoms with Gasteiger partial charge < -0.3 is 9.47 Å². The van der Waals surface area contributed by atoms with E-state index in [0.29, 0.717) is 42.6 Å². The van der Waals surface area contributed by atoms with Gasteiger partial charge in [-0.3, -0.25) is 0 Å². The zero-order valence-electron chi connectivity index (χ0n) is 21.2. The van der Waals surface area contributed by atoms with Crippen LogP contribution in [0.5, 0.6) is 11.5 Å². The van der Waals surface area contributed by atoms with Crippen molar-refractivity contribution in [3.8, 4) is 11.5 Å². The first-order chi connectivity index (χ1) is 18.3. The third kappa shape index (κ3) is 7.91. The van der Waals surface area contributed by atoms with Gasteiger partial charge in [0.15, 0.2) is 5.75 Å². The Kier molecular flexibility index (Phi) is 9.15. The summed E-state index contributed by atoms with van der Waals surface area (Å²) < 4.78 is 61.7. The Morgan fingerprint density at radius 1 is 0.763 bits per heavy atom. The van der Waals surface area contributed by atoms with Gasteiger partial charge in [-0.15, -0.1) is 13.2 Å². The first-order valence-electron chi connectivity index (χ1n) is 12.8. The number of hydrogen-bond donors (Lipinski definition) is 0. The maximum absolute atomic E-state index is 15.2. The van der Waals surface area contributed by atoms with Crippen LogP contribution in [-0.2, 0) is 25.7 Å². The van der Waals surface area contributed by atoms with E-state index in [1.165, 1.54) is 12.1 Å². The molecular formula is C30H30F4N2O2. The normalized spacial score (nSPS) is 11.6. The van der Waals surface area contributed by atoms with Crippen LogP contribution in [0.3, 0.4) is 0 Å². The van der Waals surface area contributed by atoms with Gasteiger partial charge in [0.25, 0.3) is 0 Å². The smallest absolute Gasteiger partial charge is 0.490 e. The Morgan fingerprint density at radius 2 is 1.47 bits per heavy atom. The summed E-state index contributed by atoms with van der Waals surface area (Å²) in [5, 5.41) is 1.36. The predicted octanol–water partition coefficient (Wildman–Crippen LogP) is 7.81. The Bertz CT molecular complexity index is 1320. The maximum Gasteiger partial charge on any atom is 0.573 e. The molecule has 3 aromatic carbocycles. The standard InChI is InChI=1S/C30H30F4N2O2/c1-2-3-4-17-37-26-19-35-28(36-20-26)16-9-22-8-15-27-24(18-22)12-11-23(29(27)31)10-5-21-6-13-25(14-7-21)38-30(32,33)34/h6-8,11-15,18-20H,2-5,9-10,16-17H2,1H3. The number of alkyl halides is 3. The molecule has 1 heterocycles. The average Bonchev–Trinajstić information content (AvgIpc) is 2.90. The first-order valence-corrected chi connectivity index (χ1v) is 12.8. The zero-order chi connectivity index (χ0) is 27.0. The lowest BCUT2D eigenvalue weighted by atomic mass is 9.98. The van der Waals surface area contributed by atoms with E-state index in [1.807, 2.05) is 18.2 Å². The summed E-state index contributed by atoms with van der Waals surface area (Å²) >= 11 is 0. The van der Waals surface area contributed by atoms with Crippen LogP contribution in [0.15, 0.2) is 67.0 Å². The molecule has 0 N–H and O–H groups in total. The van der Waals surface area contributed by atoms with Crippen molar-refractivity contribution in [2.75, 3.05) is 6.61 Å². The van der Waals surface area contributed by atoms with Crippen LogP contribution in [0.4, 0.5) is 17.6 Å². The van der Waals surface area contributed by atoms with Crippen LogP contribution in [0, 0.1) is 5.82 Å². The molecule has 0 aliphatic carbocycles. The van der Waals surface area contributed by atoms with Crippen LogP contribution < -0.4 is 9.47 Å². The summed E-state index contributed by atoms with van der Waals surface area (Å²) in [5.74, 6) is 0.855. The second kappa shape index (κ2) is 12.7. The first kappa shape index (κ1) is 27.4. The summed E-state index contributed by atoms with van der Waals surface area (Å²) in [6.45, 7) is 2.82. The highest BCUT2D eigenvalue weighted by Crippen LogP contribution is 2.26. The van der Waals surface area contributed by atoms with Crippen LogP contribution in [0.25, 0.3) is 10.8 Å². The summed E-state index contributed by atoms with van der Waals surface area (Å²) in [6, 6.07) is 15.0. The molecule has 0 bridgehead atoms. The number of benzene rings is 3. The van der Waals surface area contributed by atoms with E-state index in [1.54, 1.807) is 36.7 Å². The third-order valence-electron chi connectivity index (χ3n) is 6.27. The minimum absolute atomic E-state index is 0.274. The van der Waals surface area contributed by atoms with E-state index in [4.69, 9.17) is 4.74 Å². The van der Waals surface area contributed by atoms with Gasteiger partial charge in [0.1, 0.15) is 17.4 Å². The molecule has 38 heavy (non-hydrogen) atoms. The molecule has 200 valence electrons. The summed E-state index contributed by atoms with van der Waals surface area (Å²) in [7, 11) is 0. The van der Waals surface area contributed by atoms with E-state index in [-0.39, 0.29) is 11.6 Å². The summed E-state index contributed by atoms with van der Waals surface area (Å²) in [6.07, 6.45) is 4.29. The lowest BCUT2D eigenvalue weighted by Gasteiger charge is -2.10. The zero-order valence-corrected chi connectivity index (χ0v) is 21.2. The number of nitrogens with zero attached hydrogens (tertiary/aromatic N) is 2. The van der Waals surface area contributed by atoms with Gasteiger partial charge in [-0.25, -0.2) is 14.4 Å². The molecule has 0 fully saturated rings. The van der Waals surface area contributed by atoms with Gasteiger partial charge in [0, 0.05) is 11.8 Å². The SMILES string of the molecule is CCCCCOc1cnc(CCc2ccc3c(F)c(CCc4ccc(OC(F)(F)F)cc4)ccc3c2)nc1. The Hall–Kier alpha value is -3.68. The molecule has 0 spiro atoms. The fourth-order valence-corrected chi connectivity index (χ4v) is 4.22. The molecule has 0 atom stereocenters. The number of unbranched alkanes of at least 4 members (excludes halogenated alkanes) is 2. The number of fused-ring (bicyclic) bond motifs is 1. The lowest BCUT2D eigenvalue weighted by molar-refractivity contribution is -0.274. The molecule has 0 aliphatic heterocycles. The molecular weight excluding hydrogens is 496 g/mol. The quantitative estimate of drug-likeness (QED) is 0.140. The molecule has 4 rings (SSSR count). The molecule has 8 heteroatoms. The van der Waals surface area contributed by atoms with Gasteiger partial charge in [-0.05, 0) is 59.9 Å². The van der Waals surface area contributed by atoms with Crippen molar-refractivity contribution >= 4 is 10.8 Å². The van der Waals surface area contributed by atoms with Gasteiger partial charge in [0.2, 0.25) is 0 Å². The van der Waals surface area contributed by atoms with Crippen molar-refractivity contribution in [2.24, 2.45) is 0 Å². The predicted molar refractivity (Wildman–Crippen MR) is 139 cm³/mol. The topological polar surface area (TPSA) is 44.2 Å². The summed E-state index contributed by atoms with van der Waals surface area (Å²) in [5.41, 5.74) is 2.42. The Balaban J connectivity index is 1.32. The molecule has 4 nitrogen and oxygen atoms in total. The minimum atomic E-state index is -4.72. The molecule has 0 unspecified atom stereocenters. The van der Waals surface area contributed by atoms with Crippen LogP contribution in [0.2, 0.25) is 0 Å². The van der Waals surface area contributed by atoms with E-state index < -0.39 is 6.36 Å². The fourth-order valence-electron chi connectivity index (χ4n) is 4.22. The minimum Gasteiger partial charge on any atom is -0.490 e. The van der Waals surface area contributed by atoms with Crippen molar-refractivity contribution in [1.82, 2.24) is 9.97 Å². The molecule has 0 saturated heterocycles. The van der Waals surface area contributed by atoms with Crippen LogP contribution in [-0.4, -0.2) is 22.9 Å². The van der Waals surface area contributed by atoms with Crippen molar-refractivity contribution in [1.29, 1.82) is 0 Å². The molecule has 4 aromatic rings. The van der Waals surface area contributed by atoms with Crippen molar-refractivity contribution in [3.63, 3.8) is 0 Å². The average molecular weight is 527 g/mol. The lowest BCUT2D eigenvalue weighted by Crippen LogP contribution is -2.17. The second-order valence-corrected chi connectivity index (χ2v) is 9.18. The van der Waals surface area contributed by atoms with Crippen molar-refractivity contribution in [3.05, 3.63) is 95.3 Å². The molecule has 0 amide bonds. The van der Waals surface area contributed by atoms with Gasteiger partial charge in [-0.2, -0.15) is 0 Å². The van der Waals surface area contributed by atoms with E-state index in [0.717, 1.165) is 48.0 Å². The maximum atomic E-state index is 15.2. The molecule has 0 radical (unpaired) electrons. The Labute approximate surface area is 219 Å². The largest absolute Gasteiger partial charge is 0.573 e. The summed E-state index contributed by atoms with van der Waals surface area (Å²) in [4.78, 5) is 8.79. The Morgan fingerprint density at radius 3 is 2.18 bits per heavy atom. The van der Waals surface area contributed by atoms with Crippen molar-refractivity contribution in [2.45, 2.75) is 58.2 Å². The highest BCUT2D eigenvalue weighted by atomic mass is 19.4. The van der Waals surface area contributed by atoms with E-state index in [2.05, 4.69) is 21.6 Å².